The molecule has 0 bridgehead atoms. The SMILES string of the molecule is CN(C)c1cc(-c2nc(Cl)nc3ccoc23)ccc1F. The van der Waals surface area contributed by atoms with Crippen LogP contribution >= 0.6 is 11.6 Å². The van der Waals surface area contributed by atoms with Gasteiger partial charge in [0.15, 0.2) is 5.58 Å². The van der Waals surface area contributed by atoms with Crippen LogP contribution in [0.1, 0.15) is 0 Å². The summed E-state index contributed by atoms with van der Waals surface area (Å²) in [5, 5.41) is 0.129. The van der Waals surface area contributed by atoms with Gasteiger partial charge in [0.1, 0.15) is 17.0 Å². The number of fused-ring (bicyclic) bond motifs is 1. The number of nitrogens with zero attached hydrogens (tertiary/aromatic N) is 3. The van der Waals surface area contributed by atoms with Gasteiger partial charge >= 0.3 is 0 Å². The minimum atomic E-state index is -0.297. The number of halogens is 2. The van der Waals surface area contributed by atoms with Crippen LogP contribution in [0.5, 0.6) is 0 Å². The van der Waals surface area contributed by atoms with E-state index in [1.807, 2.05) is 0 Å². The Hall–Kier alpha value is -2.14. The maximum Gasteiger partial charge on any atom is 0.223 e. The molecule has 0 saturated carbocycles. The number of furan rings is 1. The van der Waals surface area contributed by atoms with E-state index in [1.54, 1.807) is 37.2 Å². The summed E-state index contributed by atoms with van der Waals surface area (Å²) < 4.78 is 19.1. The molecule has 3 rings (SSSR count). The van der Waals surface area contributed by atoms with Crippen molar-refractivity contribution in [1.29, 1.82) is 0 Å². The van der Waals surface area contributed by atoms with E-state index in [0.29, 0.717) is 22.5 Å². The highest BCUT2D eigenvalue weighted by atomic mass is 35.5. The van der Waals surface area contributed by atoms with Gasteiger partial charge in [-0.2, -0.15) is 0 Å². The lowest BCUT2D eigenvalue weighted by Gasteiger charge is -2.14. The van der Waals surface area contributed by atoms with Crippen molar-refractivity contribution in [3.05, 3.63) is 41.6 Å². The van der Waals surface area contributed by atoms with Crippen LogP contribution in [0.25, 0.3) is 22.4 Å². The second kappa shape index (κ2) is 4.76. The van der Waals surface area contributed by atoms with Crippen LogP contribution in [0.15, 0.2) is 34.9 Å². The highest BCUT2D eigenvalue weighted by Gasteiger charge is 2.14. The fourth-order valence-electron chi connectivity index (χ4n) is 2.03. The van der Waals surface area contributed by atoms with Crippen LogP contribution < -0.4 is 4.90 Å². The Bertz CT molecular complexity index is 785. The zero-order chi connectivity index (χ0) is 14.3. The van der Waals surface area contributed by atoms with Gasteiger partial charge in [-0.05, 0) is 29.8 Å². The number of hydrogen-bond donors (Lipinski definition) is 0. The van der Waals surface area contributed by atoms with Crippen molar-refractivity contribution in [2.24, 2.45) is 0 Å². The minimum Gasteiger partial charge on any atom is -0.460 e. The molecule has 1 aromatic carbocycles. The first kappa shape index (κ1) is 12.9. The first-order valence-corrected chi connectivity index (χ1v) is 6.32. The molecule has 20 heavy (non-hydrogen) atoms. The third-order valence-corrected chi connectivity index (χ3v) is 3.15. The number of rotatable bonds is 2. The first-order chi connectivity index (χ1) is 9.56. The van der Waals surface area contributed by atoms with Crippen LogP contribution in [0.3, 0.4) is 0 Å². The fourth-order valence-corrected chi connectivity index (χ4v) is 2.21. The highest BCUT2D eigenvalue weighted by Crippen LogP contribution is 2.31. The molecule has 3 aromatic rings. The van der Waals surface area contributed by atoms with E-state index in [4.69, 9.17) is 16.0 Å². The van der Waals surface area contributed by atoms with Crippen molar-refractivity contribution < 1.29 is 8.81 Å². The third-order valence-electron chi connectivity index (χ3n) is 2.98. The largest absolute Gasteiger partial charge is 0.460 e. The first-order valence-electron chi connectivity index (χ1n) is 5.94. The molecule has 2 heterocycles. The molecule has 0 unspecified atom stereocenters. The van der Waals surface area contributed by atoms with Crippen LogP contribution in [0.2, 0.25) is 5.28 Å². The number of aromatic nitrogens is 2. The summed E-state index contributed by atoms with van der Waals surface area (Å²) in [4.78, 5) is 9.96. The van der Waals surface area contributed by atoms with Crippen molar-refractivity contribution >= 4 is 28.4 Å². The molecule has 6 heteroatoms. The van der Waals surface area contributed by atoms with Gasteiger partial charge in [-0.25, -0.2) is 14.4 Å². The number of hydrogen-bond acceptors (Lipinski definition) is 4. The molecule has 0 aliphatic heterocycles. The molecule has 0 spiro atoms. The van der Waals surface area contributed by atoms with Crippen molar-refractivity contribution in [1.82, 2.24) is 9.97 Å². The lowest BCUT2D eigenvalue weighted by molar-refractivity contribution is 0.614. The van der Waals surface area contributed by atoms with Gasteiger partial charge in [0.25, 0.3) is 0 Å². The van der Waals surface area contributed by atoms with Crippen LogP contribution in [-0.2, 0) is 0 Å². The van der Waals surface area contributed by atoms with Crippen molar-refractivity contribution in [2.75, 3.05) is 19.0 Å². The summed E-state index contributed by atoms with van der Waals surface area (Å²) >= 11 is 5.92. The predicted molar refractivity (Wildman–Crippen MR) is 76.5 cm³/mol. The standard InChI is InChI=1S/C14H11ClFN3O/c1-19(2)11-7-8(3-4-9(11)16)12-13-10(5-6-20-13)17-14(15)18-12/h3-7H,1-2H3. The fraction of sp³-hybridized carbons (Fsp3) is 0.143. The second-order valence-electron chi connectivity index (χ2n) is 4.54. The smallest absolute Gasteiger partial charge is 0.223 e. The molecule has 0 aliphatic rings. The highest BCUT2D eigenvalue weighted by molar-refractivity contribution is 6.28. The molecule has 0 fully saturated rings. The van der Waals surface area contributed by atoms with Gasteiger partial charge in [0, 0.05) is 25.7 Å². The molecule has 0 saturated heterocycles. The van der Waals surface area contributed by atoms with Gasteiger partial charge in [0.05, 0.1) is 12.0 Å². The van der Waals surface area contributed by atoms with E-state index >= 15 is 0 Å². The minimum absolute atomic E-state index is 0.129. The Labute approximate surface area is 119 Å². The topological polar surface area (TPSA) is 42.2 Å². The molecule has 0 radical (unpaired) electrons. The molecule has 0 N–H and O–H groups in total. The monoisotopic (exact) mass is 291 g/mol. The summed E-state index contributed by atoms with van der Waals surface area (Å²) in [6.07, 6.45) is 1.52. The molecule has 0 aliphatic carbocycles. The van der Waals surface area contributed by atoms with E-state index in [0.717, 1.165) is 5.56 Å². The Morgan fingerprint density at radius 3 is 2.75 bits per heavy atom. The van der Waals surface area contributed by atoms with E-state index < -0.39 is 0 Å². The summed E-state index contributed by atoms with van der Waals surface area (Å²) in [7, 11) is 3.55. The molecule has 2 aromatic heterocycles. The quantitative estimate of drug-likeness (QED) is 0.674. The van der Waals surface area contributed by atoms with Crippen LogP contribution in [0, 0.1) is 5.82 Å². The lowest BCUT2D eigenvalue weighted by atomic mass is 10.1. The molecular weight excluding hydrogens is 281 g/mol. The number of benzene rings is 1. The van der Waals surface area contributed by atoms with E-state index in [2.05, 4.69) is 9.97 Å². The Morgan fingerprint density at radius 2 is 2.00 bits per heavy atom. The summed E-state index contributed by atoms with van der Waals surface area (Å²) in [6, 6.07) is 6.46. The zero-order valence-electron chi connectivity index (χ0n) is 10.9. The molecule has 0 atom stereocenters. The van der Waals surface area contributed by atoms with Gasteiger partial charge in [0.2, 0.25) is 5.28 Å². The van der Waals surface area contributed by atoms with E-state index in [-0.39, 0.29) is 11.1 Å². The summed E-state index contributed by atoms with van der Waals surface area (Å²) in [6.45, 7) is 0. The Balaban J connectivity index is 2.25. The van der Waals surface area contributed by atoms with Crippen LogP contribution in [0.4, 0.5) is 10.1 Å². The lowest BCUT2D eigenvalue weighted by Crippen LogP contribution is -2.10. The average Bonchev–Trinajstić information content (AvgIpc) is 2.86. The van der Waals surface area contributed by atoms with Gasteiger partial charge < -0.3 is 9.32 Å². The van der Waals surface area contributed by atoms with E-state index in [1.165, 1.54) is 12.3 Å². The molecular formula is C14H11ClFN3O. The molecule has 0 amide bonds. The Kier molecular flexibility index (Phi) is 3.06. The Morgan fingerprint density at radius 1 is 1.20 bits per heavy atom. The molecule has 102 valence electrons. The maximum atomic E-state index is 13.7. The third kappa shape index (κ3) is 2.10. The summed E-state index contributed by atoms with van der Waals surface area (Å²) in [5.74, 6) is -0.297. The van der Waals surface area contributed by atoms with Crippen LogP contribution in [-0.4, -0.2) is 24.1 Å². The van der Waals surface area contributed by atoms with Gasteiger partial charge in [-0.3, -0.25) is 0 Å². The average molecular weight is 292 g/mol. The zero-order valence-corrected chi connectivity index (χ0v) is 11.6. The predicted octanol–water partition coefficient (Wildman–Crippen LogP) is 3.75. The molecule has 4 nitrogen and oxygen atoms in total. The van der Waals surface area contributed by atoms with Crippen molar-refractivity contribution in [3.8, 4) is 11.3 Å². The normalized spacial score (nSPS) is 11.0. The van der Waals surface area contributed by atoms with Gasteiger partial charge in [-0.15, -0.1) is 0 Å². The van der Waals surface area contributed by atoms with Gasteiger partial charge in [-0.1, -0.05) is 0 Å². The second-order valence-corrected chi connectivity index (χ2v) is 4.87. The van der Waals surface area contributed by atoms with Crippen molar-refractivity contribution in [3.63, 3.8) is 0 Å². The van der Waals surface area contributed by atoms with E-state index in [9.17, 15) is 4.39 Å². The summed E-state index contributed by atoms with van der Waals surface area (Å²) in [5.41, 5.74) is 2.89. The van der Waals surface area contributed by atoms with Crippen molar-refractivity contribution in [2.45, 2.75) is 0 Å². The maximum absolute atomic E-state index is 13.7. The number of anilines is 1.